The highest BCUT2D eigenvalue weighted by molar-refractivity contribution is 5.82. The fraction of sp³-hybridized carbons (Fsp3) is 0.188. The van der Waals surface area contributed by atoms with Gasteiger partial charge in [0.25, 0.3) is 5.91 Å². The number of epoxide rings is 1. The number of nitrogens with one attached hydrogen (secondary N) is 1. The minimum Gasteiger partial charge on any atom is -0.457 e. The van der Waals surface area contributed by atoms with Crippen molar-refractivity contribution in [3.8, 4) is 11.5 Å². The van der Waals surface area contributed by atoms with Crippen molar-refractivity contribution in [2.75, 3.05) is 6.61 Å². The molecular weight excluding hydrogens is 254 g/mol. The lowest BCUT2D eigenvalue weighted by Crippen LogP contribution is -2.27. The number of carbonyl (C=O) groups excluding carboxylic acids is 1. The first-order chi connectivity index (χ1) is 9.81. The summed E-state index contributed by atoms with van der Waals surface area (Å²) in [6.45, 7) is 1.01. The maximum atomic E-state index is 11.5. The van der Waals surface area contributed by atoms with E-state index in [1.165, 1.54) is 0 Å². The Hall–Kier alpha value is -2.33. The molecule has 20 heavy (non-hydrogen) atoms. The van der Waals surface area contributed by atoms with Crippen LogP contribution in [0.15, 0.2) is 54.6 Å². The standard InChI is InChI=1S/C16H15NO3/c18-16(15-11-19-15)17-10-12-5-4-8-14(9-12)20-13-6-2-1-3-7-13/h1-9,15H,10-11H2,(H,17,18). The number of hydrogen-bond acceptors (Lipinski definition) is 3. The Balaban J connectivity index is 1.61. The molecule has 2 aromatic carbocycles. The molecule has 3 rings (SSSR count). The molecule has 0 spiro atoms. The van der Waals surface area contributed by atoms with Crippen molar-refractivity contribution in [2.24, 2.45) is 0 Å². The van der Waals surface area contributed by atoms with Crippen molar-refractivity contribution in [1.82, 2.24) is 5.32 Å². The van der Waals surface area contributed by atoms with Crippen molar-refractivity contribution >= 4 is 5.91 Å². The third kappa shape index (κ3) is 3.36. The number of carbonyl (C=O) groups is 1. The predicted molar refractivity (Wildman–Crippen MR) is 74.5 cm³/mol. The topological polar surface area (TPSA) is 50.9 Å². The second-order valence-corrected chi connectivity index (χ2v) is 4.60. The van der Waals surface area contributed by atoms with Crippen LogP contribution in [0, 0.1) is 0 Å². The van der Waals surface area contributed by atoms with E-state index >= 15 is 0 Å². The molecule has 2 aromatic rings. The van der Waals surface area contributed by atoms with Gasteiger partial charge in [0.15, 0.2) is 6.10 Å². The Morgan fingerprint density at radius 3 is 2.65 bits per heavy atom. The first kappa shape index (κ1) is 12.7. The molecule has 1 aliphatic rings. The van der Waals surface area contributed by atoms with Gasteiger partial charge < -0.3 is 14.8 Å². The van der Waals surface area contributed by atoms with Gasteiger partial charge in [0.05, 0.1) is 6.61 Å². The second kappa shape index (κ2) is 5.75. The fourth-order valence-corrected chi connectivity index (χ4v) is 1.85. The Kier molecular flexibility index (Phi) is 3.65. The van der Waals surface area contributed by atoms with Gasteiger partial charge in [-0.1, -0.05) is 30.3 Å². The highest BCUT2D eigenvalue weighted by Crippen LogP contribution is 2.21. The third-order valence-electron chi connectivity index (χ3n) is 2.97. The van der Waals surface area contributed by atoms with Crippen LogP contribution >= 0.6 is 0 Å². The maximum Gasteiger partial charge on any atom is 0.251 e. The van der Waals surface area contributed by atoms with E-state index in [1.54, 1.807) is 0 Å². The Bertz CT molecular complexity index is 594. The molecule has 1 unspecified atom stereocenters. The highest BCUT2D eigenvalue weighted by atomic mass is 16.6. The van der Waals surface area contributed by atoms with Crippen molar-refractivity contribution < 1.29 is 14.3 Å². The largest absolute Gasteiger partial charge is 0.457 e. The van der Waals surface area contributed by atoms with Crippen LogP contribution in [0.5, 0.6) is 11.5 Å². The summed E-state index contributed by atoms with van der Waals surface area (Å²) in [5.41, 5.74) is 0.993. The number of benzene rings is 2. The predicted octanol–water partition coefficient (Wildman–Crippen LogP) is 2.49. The summed E-state index contributed by atoms with van der Waals surface area (Å²) < 4.78 is 10.7. The zero-order chi connectivity index (χ0) is 13.8. The molecule has 0 saturated carbocycles. The number of para-hydroxylation sites is 1. The molecule has 0 radical (unpaired) electrons. The van der Waals surface area contributed by atoms with Crippen LogP contribution in [0.25, 0.3) is 0 Å². The summed E-state index contributed by atoms with van der Waals surface area (Å²) in [5.74, 6) is 1.49. The summed E-state index contributed by atoms with van der Waals surface area (Å²) in [5, 5.41) is 2.83. The zero-order valence-corrected chi connectivity index (χ0v) is 10.9. The maximum absolute atomic E-state index is 11.5. The van der Waals surface area contributed by atoms with E-state index in [1.807, 2.05) is 54.6 Å². The number of ether oxygens (including phenoxy) is 2. The third-order valence-corrected chi connectivity index (χ3v) is 2.97. The average Bonchev–Trinajstić information content (AvgIpc) is 3.31. The van der Waals surface area contributed by atoms with Crippen molar-refractivity contribution in [3.63, 3.8) is 0 Å². The van der Waals surface area contributed by atoms with E-state index in [0.29, 0.717) is 13.2 Å². The highest BCUT2D eigenvalue weighted by Gasteiger charge is 2.30. The molecule has 1 saturated heterocycles. The molecule has 1 fully saturated rings. The van der Waals surface area contributed by atoms with E-state index in [4.69, 9.17) is 9.47 Å². The molecule has 0 bridgehead atoms. The van der Waals surface area contributed by atoms with Crippen LogP contribution in [-0.2, 0) is 16.1 Å². The lowest BCUT2D eigenvalue weighted by Gasteiger charge is -2.08. The smallest absolute Gasteiger partial charge is 0.251 e. The molecule has 4 heteroatoms. The van der Waals surface area contributed by atoms with Gasteiger partial charge >= 0.3 is 0 Å². The lowest BCUT2D eigenvalue weighted by molar-refractivity contribution is -0.122. The van der Waals surface area contributed by atoms with Crippen LogP contribution in [0.4, 0.5) is 0 Å². The van der Waals surface area contributed by atoms with E-state index < -0.39 is 0 Å². The Labute approximate surface area is 117 Å². The summed E-state index contributed by atoms with van der Waals surface area (Å²) in [6.07, 6.45) is -0.251. The van der Waals surface area contributed by atoms with Crippen LogP contribution in [0.1, 0.15) is 5.56 Å². The number of hydrogen-bond donors (Lipinski definition) is 1. The molecule has 4 nitrogen and oxygen atoms in total. The van der Waals surface area contributed by atoms with Crippen molar-refractivity contribution in [3.05, 3.63) is 60.2 Å². The van der Waals surface area contributed by atoms with Gasteiger partial charge in [-0.15, -0.1) is 0 Å². The summed E-state index contributed by atoms with van der Waals surface area (Å²) >= 11 is 0. The van der Waals surface area contributed by atoms with Crippen molar-refractivity contribution in [1.29, 1.82) is 0 Å². The monoisotopic (exact) mass is 269 g/mol. The van der Waals surface area contributed by atoms with Crippen LogP contribution < -0.4 is 10.1 Å². The van der Waals surface area contributed by atoms with E-state index in [0.717, 1.165) is 17.1 Å². The van der Waals surface area contributed by atoms with Gasteiger partial charge in [0.2, 0.25) is 0 Å². The van der Waals surface area contributed by atoms with Crippen LogP contribution in [0.2, 0.25) is 0 Å². The number of rotatable bonds is 5. The van der Waals surface area contributed by atoms with E-state index in [9.17, 15) is 4.79 Å². The SMILES string of the molecule is O=C(NCc1cccc(Oc2ccccc2)c1)C1CO1. The second-order valence-electron chi connectivity index (χ2n) is 4.60. The van der Waals surface area contributed by atoms with Crippen molar-refractivity contribution in [2.45, 2.75) is 12.6 Å². The van der Waals surface area contributed by atoms with Gasteiger partial charge in [0.1, 0.15) is 11.5 Å². The quantitative estimate of drug-likeness (QED) is 0.848. The van der Waals surface area contributed by atoms with Crippen LogP contribution in [0.3, 0.4) is 0 Å². The molecule has 1 heterocycles. The lowest BCUT2D eigenvalue weighted by atomic mass is 10.2. The van der Waals surface area contributed by atoms with Gasteiger partial charge in [-0.25, -0.2) is 0 Å². The average molecular weight is 269 g/mol. The molecule has 1 atom stereocenters. The van der Waals surface area contributed by atoms with E-state index in [2.05, 4.69) is 5.32 Å². The summed E-state index contributed by atoms with van der Waals surface area (Å²) in [4.78, 5) is 11.5. The van der Waals surface area contributed by atoms with Gasteiger partial charge in [0, 0.05) is 6.54 Å². The van der Waals surface area contributed by atoms with Gasteiger partial charge in [-0.3, -0.25) is 4.79 Å². The first-order valence-electron chi connectivity index (χ1n) is 6.52. The molecule has 1 N–H and O–H groups in total. The van der Waals surface area contributed by atoms with Crippen LogP contribution in [-0.4, -0.2) is 18.6 Å². The molecule has 1 aliphatic heterocycles. The molecular formula is C16H15NO3. The van der Waals surface area contributed by atoms with Gasteiger partial charge in [-0.05, 0) is 29.8 Å². The molecule has 0 aliphatic carbocycles. The first-order valence-corrected chi connectivity index (χ1v) is 6.52. The number of amides is 1. The minimum absolute atomic E-state index is 0.0561. The summed E-state index contributed by atoms with van der Waals surface area (Å²) in [6, 6.07) is 17.3. The molecule has 0 aromatic heterocycles. The molecule has 102 valence electrons. The molecule has 1 amide bonds. The Morgan fingerprint density at radius 1 is 1.15 bits per heavy atom. The normalized spacial score (nSPS) is 16.5. The fourth-order valence-electron chi connectivity index (χ4n) is 1.85. The summed E-state index contributed by atoms with van der Waals surface area (Å²) in [7, 11) is 0. The Morgan fingerprint density at radius 2 is 1.90 bits per heavy atom. The van der Waals surface area contributed by atoms with E-state index in [-0.39, 0.29) is 12.0 Å². The minimum atomic E-state index is -0.251. The van der Waals surface area contributed by atoms with Gasteiger partial charge in [-0.2, -0.15) is 0 Å². The zero-order valence-electron chi connectivity index (χ0n) is 10.9.